The quantitative estimate of drug-likeness (QED) is 0.536. The van der Waals surface area contributed by atoms with Gasteiger partial charge in [0.15, 0.2) is 11.5 Å². The molecule has 0 aliphatic carbocycles. The first kappa shape index (κ1) is 15.1. The predicted octanol–water partition coefficient (Wildman–Crippen LogP) is 0.386. The highest BCUT2D eigenvalue weighted by Gasteiger charge is 2.42. The number of rotatable bonds is 5. The minimum absolute atomic E-state index is 0.0353. The van der Waals surface area contributed by atoms with E-state index in [1.807, 2.05) is 6.08 Å². The fourth-order valence-corrected chi connectivity index (χ4v) is 2.27. The fourth-order valence-electron chi connectivity index (χ4n) is 2.27. The highest BCUT2D eigenvalue weighted by Crippen LogP contribution is 2.26. The lowest BCUT2D eigenvalue weighted by Crippen LogP contribution is -2.39. The molecular weight excluding hydrogens is 276 g/mol. The first-order valence-corrected chi connectivity index (χ1v) is 6.92. The molecule has 114 valence electrons. The summed E-state index contributed by atoms with van der Waals surface area (Å²) in [6, 6.07) is 0. The van der Waals surface area contributed by atoms with E-state index in [-0.39, 0.29) is 31.0 Å². The molecule has 2 aliphatic rings. The zero-order valence-corrected chi connectivity index (χ0v) is 12.1. The number of esters is 2. The van der Waals surface area contributed by atoms with Crippen LogP contribution in [0.2, 0.25) is 0 Å². The largest absolute Gasteiger partial charge is 0.462 e. The maximum absolute atomic E-state index is 12.1. The van der Waals surface area contributed by atoms with Crippen LogP contribution in [0.4, 0.5) is 0 Å². The van der Waals surface area contributed by atoms with Crippen LogP contribution in [0.1, 0.15) is 20.3 Å². The van der Waals surface area contributed by atoms with Crippen molar-refractivity contribution in [2.75, 3.05) is 26.3 Å². The summed E-state index contributed by atoms with van der Waals surface area (Å²) in [6.45, 7) is 4.19. The Hall–Kier alpha value is -2.31. The summed E-state index contributed by atoms with van der Waals surface area (Å²) in [6.07, 6.45) is 4.52. The minimum Gasteiger partial charge on any atom is -0.462 e. The Morgan fingerprint density at radius 3 is 2.43 bits per heavy atom. The molecule has 0 spiro atoms. The number of carbonyl (C=O) groups is 3. The Balaban J connectivity index is 2.39. The lowest BCUT2D eigenvalue weighted by atomic mass is 10.2. The monoisotopic (exact) mass is 294 g/mol. The van der Waals surface area contributed by atoms with Gasteiger partial charge < -0.3 is 9.47 Å². The van der Waals surface area contributed by atoms with Crippen molar-refractivity contribution in [2.24, 2.45) is 0 Å². The molecule has 7 nitrogen and oxygen atoms in total. The van der Waals surface area contributed by atoms with Crippen LogP contribution in [0, 0.1) is 0 Å². The predicted molar refractivity (Wildman–Crippen MR) is 72.5 cm³/mol. The average molecular weight is 294 g/mol. The van der Waals surface area contributed by atoms with Gasteiger partial charge in [0.2, 0.25) is 0 Å². The second-order valence-electron chi connectivity index (χ2n) is 4.48. The maximum atomic E-state index is 12.1. The Bertz CT molecular complexity index is 523. The van der Waals surface area contributed by atoms with Crippen LogP contribution in [-0.2, 0) is 23.9 Å². The first-order chi connectivity index (χ1) is 10.1. The van der Waals surface area contributed by atoms with Gasteiger partial charge in [-0.05, 0) is 20.3 Å². The molecule has 21 heavy (non-hydrogen) atoms. The third kappa shape index (κ3) is 2.91. The molecular formula is C14H18N2O5. The van der Waals surface area contributed by atoms with E-state index in [0.717, 1.165) is 6.42 Å². The van der Waals surface area contributed by atoms with Crippen LogP contribution in [-0.4, -0.2) is 54.0 Å². The summed E-state index contributed by atoms with van der Waals surface area (Å²) in [7, 11) is 0. The molecule has 0 aromatic rings. The van der Waals surface area contributed by atoms with Crippen molar-refractivity contribution >= 4 is 17.7 Å². The maximum Gasteiger partial charge on any atom is 0.357 e. The van der Waals surface area contributed by atoms with Gasteiger partial charge in [-0.3, -0.25) is 14.8 Å². The molecule has 2 rings (SSSR count). The van der Waals surface area contributed by atoms with Crippen molar-refractivity contribution in [3.8, 4) is 0 Å². The van der Waals surface area contributed by atoms with Crippen molar-refractivity contribution in [1.82, 2.24) is 10.0 Å². The van der Waals surface area contributed by atoms with Gasteiger partial charge in [-0.15, -0.1) is 0 Å². The third-order valence-corrected chi connectivity index (χ3v) is 3.13. The summed E-state index contributed by atoms with van der Waals surface area (Å²) < 4.78 is 9.85. The molecule has 0 aromatic heterocycles. The highest BCUT2D eigenvalue weighted by molar-refractivity contribution is 6.24. The van der Waals surface area contributed by atoms with Crippen molar-refractivity contribution in [1.29, 1.82) is 0 Å². The number of ether oxygens (including phenoxy) is 2. The van der Waals surface area contributed by atoms with Gasteiger partial charge in [-0.2, -0.15) is 0 Å². The highest BCUT2D eigenvalue weighted by atomic mass is 16.5. The van der Waals surface area contributed by atoms with E-state index in [0.29, 0.717) is 6.54 Å². The molecule has 7 heteroatoms. The van der Waals surface area contributed by atoms with Crippen LogP contribution in [0.25, 0.3) is 0 Å². The average Bonchev–Trinajstić information content (AvgIpc) is 3.05. The second-order valence-corrected chi connectivity index (χ2v) is 4.48. The van der Waals surface area contributed by atoms with E-state index in [1.54, 1.807) is 25.1 Å². The molecule has 0 unspecified atom stereocenters. The Kier molecular flexibility index (Phi) is 4.62. The second kappa shape index (κ2) is 6.43. The van der Waals surface area contributed by atoms with Crippen LogP contribution < -0.4 is 0 Å². The minimum atomic E-state index is -0.781. The van der Waals surface area contributed by atoms with Crippen LogP contribution in [0.5, 0.6) is 0 Å². The molecule has 0 saturated carbocycles. The van der Waals surface area contributed by atoms with Gasteiger partial charge in [0.05, 0.1) is 13.2 Å². The van der Waals surface area contributed by atoms with Gasteiger partial charge >= 0.3 is 11.9 Å². The molecule has 0 N–H and O–H groups in total. The van der Waals surface area contributed by atoms with Crippen molar-refractivity contribution in [2.45, 2.75) is 20.3 Å². The summed E-state index contributed by atoms with van der Waals surface area (Å²) >= 11 is 0. The number of hydrogen-bond donors (Lipinski definition) is 0. The molecule has 2 heterocycles. The molecule has 2 aliphatic heterocycles. The van der Waals surface area contributed by atoms with E-state index in [2.05, 4.69) is 0 Å². The Morgan fingerprint density at radius 1 is 1.19 bits per heavy atom. The van der Waals surface area contributed by atoms with Crippen LogP contribution in [0.15, 0.2) is 23.5 Å². The molecule has 0 amide bonds. The van der Waals surface area contributed by atoms with Crippen molar-refractivity contribution in [3.63, 3.8) is 0 Å². The zero-order chi connectivity index (χ0) is 15.4. The topological polar surface area (TPSA) is 76.2 Å². The summed E-state index contributed by atoms with van der Waals surface area (Å²) in [5, 5.41) is 3.21. The summed E-state index contributed by atoms with van der Waals surface area (Å²) in [4.78, 5) is 36.2. The van der Waals surface area contributed by atoms with E-state index >= 15 is 0 Å². The number of ketones is 1. The van der Waals surface area contributed by atoms with E-state index in [9.17, 15) is 14.4 Å². The SMILES string of the molecule is CCOC(=O)C1=C(C(=O)OCC)N(N2C=CCC2)CC1=O. The van der Waals surface area contributed by atoms with E-state index < -0.39 is 17.7 Å². The van der Waals surface area contributed by atoms with Gasteiger partial charge in [0.1, 0.15) is 12.1 Å². The van der Waals surface area contributed by atoms with Crippen molar-refractivity contribution in [3.05, 3.63) is 23.5 Å². The van der Waals surface area contributed by atoms with E-state index in [1.165, 1.54) is 5.01 Å². The smallest absolute Gasteiger partial charge is 0.357 e. The number of hydrazine groups is 1. The summed E-state index contributed by atoms with van der Waals surface area (Å²) in [5.41, 5.74) is -0.262. The Labute approximate surface area is 122 Å². The number of nitrogens with zero attached hydrogens (tertiary/aromatic N) is 2. The summed E-state index contributed by atoms with van der Waals surface area (Å²) in [5.74, 6) is -1.90. The third-order valence-electron chi connectivity index (χ3n) is 3.13. The molecule has 0 aromatic carbocycles. The molecule has 0 atom stereocenters. The zero-order valence-electron chi connectivity index (χ0n) is 12.1. The van der Waals surface area contributed by atoms with Crippen LogP contribution >= 0.6 is 0 Å². The normalized spacial score (nSPS) is 17.7. The molecule has 0 bridgehead atoms. The lowest BCUT2D eigenvalue weighted by Gasteiger charge is -2.30. The van der Waals surface area contributed by atoms with Gasteiger partial charge in [0.25, 0.3) is 0 Å². The molecule has 0 fully saturated rings. The van der Waals surface area contributed by atoms with Gasteiger partial charge in [-0.1, -0.05) is 6.08 Å². The van der Waals surface area contributed by atoms with Gasteiger partial charge in [0, 0.05) is 12.7 Å². The first-order valence-electron chi connectivity index (χ1n) is 6.92. The number of Topliss-reactive ketones (excluding diaryl/α,β-unsaturated/α-hetero) is 1. The van der Waals surface area contributed by atoms with E-state index in [4.69, 9.17) is 9.47 Å². The van der Waals surface area contributed by atoms with Crippen molar-refractivity contribution < 1.29 is 23.9 Å². The van der Waals surface area contributed by atoms with Gasteiger partial charge in [-0.25, -0.2) is 9.59 Å². The molecule has 0 saturated heterocycles. The number of hydrogen-bond acceptors (Lipinski definition) is 7. The number of carbonyl (C=O) groups excluding carboxylic acids is 3. The standard InChI is InChI=1S/C14H18N2O5/c1-3-20-13(18)11-10(17)9-16(15-7-5-6-8-15)12(11)14(19)21-4-2/h5,7H,3-4,6,8-9H2,1-2H3. The Morgan fingerprint density at radius 2 is 1.86 bits per heavy atom. The van der Waals surface area contributed by atoms with Crippen LogP contribution in [0.3, 0.4) is 0 Å². The molecule has 0 radical (unpaired) electrons. The fraction of sp³-hybridized carbons (Fsp3) is 0.500. The lowest BCUT2D eigenvalue weighted by molar-refractivity contribution is -0.144.